The van der Waals surface area contributed by atoms with Crippen molar-refractivity contribution < 1.29 is 14.3 Å². The van der Waals surface area contributed by atoms with E-state index in [1.54, 1.807) is 0 Å². The fourth-order valence-corrected chi connectivity index (χ4v) is 4.60. The van der Waals surface area contributed by atoms with Crippen molar-refractivity contribution in [3.05, 3.63) is 36.1 Å². The van der Waals surface area contributed by atoms with Crippen LogP contribution in [0.1, 0.15) is 25.0 Å². The van der Waals surface area contributed by atoms with Crippen LogP contribution in [0.25, 0.3) is 11.0 Å². The van der Waals surface area contributed by atoms with Gasteiger partial charge in [0.2, 0.25) is 5.91 Å². The molecule has 2 fully saturated rings. The predicted molar refractivity (Wildman–Crippen MR) is 104 cm³/mol. The number of likely N-dealkylation sites (N-methyl/N-ethyl adjacent to an activating group) is 1. The van der Waals surface area contributed by atoms with Gasteiger partial charge in [-0.25, -0.2) is 0 Å². The number of furan rings is 1. The molecule has 1 amide bonds. The molecule has 0 aliphatic carbocycles. The molecular formula is C21H29N3O3. The summed E-state index contributed by atoms with van der Waals surface area (Å²) in [5.74, 6) is 1.17. The lowest BCUT2D eigenvalue weighted by atomic mass is 9.86. The second kappa shape index (κ2) is 7.62. The van der Waals surface area contributed by atoms with Crippen LogP contribution in [-0.4, -0.2) is 77.6 Å². The van der Waals surface area contributed by atoms with Gasteiger partial charge in [-0.05, 0) is 32.0 Å². The first kappa shape index (κ1) is 18.5. The number of hydrogen-bond donors (Lipinski definition) is 1. The third-order valence-corrected chi connectivity index (χ3v) is 6.31. The van der Waals surface area contributed by atoms with Gasteiger partial charge in [0.25, 0.3) is 0 Å². The maximum atomic E-state index is 12.4. The first-order chi connectivity index (χ1) is 13.1. The van der Waals surface area contributed by atoms with E-state index in [2.05, 4.69) is 29.0 Å². The number of hydrogen-bond acceptors (Lipinski definition) is 5. The molecule has 6 heteroatoms. The molecule has 146 valence electrons. The molecule has 2 saturated heterocycles. The summed E-state index contributed by atoms with van der Waals surface area (Å²) in [7, 11) is 2.19. The van der Waals surface area contributed by atoms with Gasteiger partial charge in [0, 0.05) is 50.1 Å². The zero-order valence-electron chi connectivity index (χ0n) is 16.1. The van der Waals surface area contributed by atoms with Crippen LogP contribution in [0.4, 0.5) is 0 Å². The van der Waals surface area contributed by atoms with Crippen LogP contribution >= 0.6 is 0 Å². The van der Waals surface area contributed by atoms with Crippen LogP contribution in [0.3, 0.4) is 0 Å². The van der Waals surface area contributed by atoms with Crippen LogP contribution in [0, 0.1) is 0 Å². The highest BCUT2D eigenvalue weighted by Gasteiger charge is 2.42. The van der Waals surface area contributed by atoms with E-state index in [0.29, 0.717) is 13.0 Å². The Morgan fingerprint density at radius 1 is 1.19 bits per heavy atom. The van der Waals surface area contributed by atoms with E-state index in [9.17, 15) is 9.90 Å². The summed E-state index contributed by atoms with van der Waals surface area (Å²) < 4.78 is 6.02. The van der Waals surface area contributed by atoms with Crippen molar-refractivity contribution in [2.45, 2.75) is 31.3 Å². The van der Waals surface area contributed by atoms with Gasteiger partial charge in [-0.3, -0.25) is 14.6 Å². The Labute approximate surface area is 160 Å². The Morgan fingerprint density at radius 3 is 2.85 bits per heavy atom. The van der Waals surface area contributed by atoms with Crippen molar-refractivity contribution in [2.75, 3.05) is 46.4 Å². The molecule has 2 aromatic rings. The zero-order chi connectivity index (χ0) is 18.9. The SMILES string of the molecule is CN1CCN(Cc2cc3ccccc3o2)CC12CCC(=O)N(CCO)CC2. The molecule has 1 atom stereocenters. The number of aliphatic hydroxyl groups is 1. The minimum Gasteiger partial charge on any atom is -0.460 e. The fraction of sp³-hybridized carbons (Fsp3) is 0.571. The summed E-state index contributed by atoms with van der Waals surface area (Å²) in [4.78, 5) is 19.1. The number of nitrogens with zero attached hydrogens (tertiary/aromatic N) is 3. The number of likely N-dealkylation sites (tertiary alicyclic amines) is 1. The van der Waals surface area contributed by atoms with Gasteiger partial charge in [0.05, 0.1) is 13.2 Å². The number of rotatable bonds is 4. The zero-order valence-corrected chi connectivity index (χ0v) is 16.1. The number of fused-ring (bicyclic) bond motifs is 1. The summed E-state index contributed by atoms with van der Waals surface area (Å²) in [6.07, 6.45) is 2.38. The summed E-state index contributed by atoms with van der Waals surface area (Å²) >= 11 is 0. The molecular weight excluding hydrogens is 342 g/mol. The van der Waals surface area contributed by atoms with Gasteiger partial charge in [0.15, 0.2) is 0 Å². The predicted octanol–water partition coefficient (Wildman–Crippen LogP) is 1.92. The van der Waals surface area contributed by atoms with Crippen LogP contribution < -0.4 is 0 Å². The maximum absolute atomic E-state index is 12.4. The molecule has 2 aliphatic heterocycles. The molecule has 0 bridgehead atoms. The normalized spacial score (nSPS) is 25.4. The van der Waals surface area contributed by atoms with Crippen LogP contribution in [0.5, 0.6) is 0 Å². The average Bonchev–Trinajstić information content (AvgIpc) is 3.01. The third kappa shape index (κ3) is 3.74. The first-order valence-corrected chi connectivity index (χ1v) is 9.89. The minimum absolute atomic E-state index is 0.0180. The standard InChI is InChI=1S/C21H29N3O3/c1-22-10-11-23(15-18-14-17-4-2-3-5-19(17)27-18)16-21(22)7-6-20(26)24(9-8-21)12-13-25/h2-5,14,25H,6-13,15-16H2,1H3. The smallest absolute Gasteiger partial charge is 0.222 e. The lowest BCUT2D eigenvalue weighted by Crippen LogP contribution is -2.60. The Bertz CT molecular complexity index is 772. The molecule has 27 heavy (non-hydrogen) atoms. The maximum Gasteiger partial charge on any atom is 0.222 e. The highest BCUT2D eigenvalue weighted by atomic mass is 16.3. The topological polar surface area (TPSA) is 60.2 Å². The van der Waals surface area contributed by atoms with E-state index in [-0.39, 0.29) is 18.1 Å². The molecule has 0 radical (unpaired) electrons. The van der Waals surface area contributed by atoms with Gasteiger partial charge < -0.3 is 14.4 Å². The molecule has 1 aromatic carbocycles. The second-order valence-electron chi connectivity index (χ2n) is 7.96. The van der Waals surface area contributed by atoms with E-state index in [1.807, 2.05) is 23.1 Å². The van der Waals surface area contributed by atoms with Crippen molar-refractivity contribution in [3.63, 3.8) is 0 Å². The number of para-hydroxylation sites is 1. The molecule has 1 spiro atoms. The molecule has 1 aromatic heterocycles. The summed E-state index contributed by atoms with van der Waals surface area (Å²) in [5.41, 5.74) is 0.959. The van der Waals surface area contributed by atoms with Crippen molar-refractivity contribution in [1.82, 2.24) is 14.7 Å². The molecule has 0 saturated carbocycles. The molecule has 6 nitrogen and oxygen atoms in total. The third-order valence-electron chi connectivity index (χ3n) is 6.31. The molecule has 1 N–H and O–H groups in total. The highest BCUT2D eigenvalue weighted by molar-refractivity contribution is 5.77. The van der Waals surface area contributed by atoms with Gasteiger partial charge in [-0.2, -0.15) is 0 Å². The minimum atomic E-state index is 0.0180. The van der Waals surface area contributed by atoms with Crippen LogP contribution in [-0.2, 0) is 11.3 Å². The Kier molecular flexibility index (Phi) is 5.21. The monoisotopic (exact) mass is 371 g/mol. The molecule has 4 rings (SSSR count). The first-order valence-electron chi connectivity index (χ1n) is 9.89. The van der Waals surface area contributed by atoms with E-state index in [4.69, 9.17) is 4.42 Å². The number of piperazine rings is 1. The lowest BCUT2D eigenvalue weighted by Gasteiger charge is -2.49. The largest absolute Gasteiger partial charge is 0.460 e. The Balaban J connectivity index is 1.48. The lowest BCUT2D eigenvalue weighted by molar-refractivity contribution is -0.131. The molecule has 1 unspecified atom stereocenters. The fourth-order valence-electron chi connectivity index (χ4n) is 4.60. The van der Waals surface area contributed by atoms with Crippen molar-refractivity contribution in [3.8, 4) is 0 Å². The van der Waals surface area contributed by atoms with Gasteiger partial charge in [-0.1, -0.05) is 18.2 Å². The second-order valence-corrected chi connectivity index (χ2v) is 7.96. The van der Waals surface area contributed by atoms with Gasteiger partial charge >= 0.3 is 0 Å². The molecule has 3 heterocycles. The summed E-state index contributed by atoms with van der Waals surface area (Å²) in [6.45, 7) is 4.95. The van der Waals surface area contributed by atoms with Crippen LogP contribution in [0.15, 0.2) is 34.7 Å². The summed E-state index contributed by atoms with van der Waals surface area (Å²) in [5, 5.41) is 10.4. The molecule has 2 aliphatic rings. The van der Waals surface area contributed by atoms with Crippen molar-refractivity contribution >= 4 is 16.9 Å². The highest BCUT2D eigenvalue weighted by Crippen LogP contribution is 2.33. The number of amides is 1. The number of aliphatic hydroxyl groups excluding tert-OH is 1. The van der Waals surface area contributed by atoms with E-state index in [1.165, 1.54) is 0 Å². The van der Waals surface area contributed by atoms with E-state index >= 15 is 0 Å². The van der Waals surface area contributed by atoms with Gasteiger partial charge in [-0.15, -0.1) is 0 Å². The van der Waals surface area contributed by atoms with Crippen molar-refractivity contribution in [2.24, 2.45) is 0 Å². The Hall–Kier alpha value is -1.89. The Morgan fingerprint density at radius 2 is 2.04 bits per heavy atom. The quantitative estimate of drug-likeness (QED) is 0.890. The van der Waals surface area contributed by atoms with Gasteiger partial charge in [0.1, 0.15) is 11.3 Å². The number of β-amino-alcohol motifs (C(OH)–C–C–N with tert-alkyl or cyclic N) is 1. The number of benzene rings is 1. The van der Waals surface area contributed by atoms with Crippen LogP contribution in [0.2, 0.25) is 0 Å². The number of carbonyl (C=O) groups is 1. The van der Waals surface area contributed by atoms with Crippen molar-refractivity contribution in [1.29, 1.82) is 0 Å². The summed E-state index contributed by atoms with van der Waals surface area (Å²) in [6, 6.07) is 10.3. The average molecular weight is 371 g/mol. The number of carbonyl (C=O) groups excluding carboxylic acids is 1. The van der Waals surface area contributed by atoms with E-state index in [0.717, 1.165) is 62.3 Å². The van der Waals surface area contributed by atoms with E-state index < -0.39 is 0 Å².